The van der Waals surface area contributed by atoms with Crippen molar-refractivity contribution >= 4 is 28.9 Å². The summed E-state index contributed by atoms with van der Waals surface area (Å²) in [6.45, 7) is 4.77. The standard InChI is InChI=1S/C16H18ClN3O/c1-3-9-18-13-7-5-4-6-12(13)16(21)20-14-11(2)8-10-19-15(14)17/h4-8,10,18H,3,9H2,1-2H3,(H,20,21). The van der Waals surface area contributed by atoms with Crippen molar-refractivity contribution in [2.45, 2.75) is 20.3 Å². The highest BCUT2D eigenvalue weighted by atomic mass is 35.5. The molecule has 5 heteroatoms. The van der Waals surface area contributed by atoms with Crippen molar-refractivity contribution < 1.29 is 4.79 Å². The van der Waals surface area contributed by atoms with Crippen LogP contribution in [0, 0.1) is 6.92 Å². The molecular weight excluding hydrogens is 286 g/mol. The minimum atomic E-state index is -0.202. The van der Waals surface area contributed by atoms with Crippen LogP contribution in [-0.2, 0) is 0 Å². The van der Waals surface area contributed by atoms with E-state index in [1.54, 1.807) is 12.3 Å². The zero-order valence-corrected chi connectivity index (χ0v) is 12.9. The van der Waals surface area contributed by atoms with E-state index in [-0.39, 0.29) is 5.91 Å². The summed E-state index contributed by atoms with van der Waals surface area (Å²) >= 11 is 6.04. The van der Waals surface area contributed by atoms with Gasteiger partial charge in [-0.15, -0.1) is 0 Å². The summed E-state index contributed by atoms with van der Waals surface area (Å²) in [6, 6.07) is 9.22. The van der Waals surface area contributed by atoms with E-state index >= 15 is 0 Å². The van der Waals surface area contributed by atoms with Crippen molar-refractivity contribution in [1.29, 1.82) is 0 Å². The summed E-state index contributed by atoms with van der Waals surface area (Å²) in [5.74, 6) is -0.202. The van der Waals surface area contributed by atoms with E-state index in [9.17, 15) is 4.79 Å². The number of nitrogens with zero attached hydrogens (tertiary/aromatic N) is 1. The number of aryl methyl sites for hydroxylation is 1. The first-order valence-electron chi connectivity index (χ1n) is 6.88. The van der Waals surface area contributed by atoms with E-state index < -0.39 is 0 Å². The normalized spacial score (nSPS) is 10.2. The van der Waals surface area contributed by atoms with Gasteiger partial charge < -0.3 is 10.6 Å². The third kappa shape index (κ3) is 3.73. The van der Waals surface area contributed by atoms with Gasteiger partial charge in [0.05, 0.1) is 11.3 Å². The summed E-state index contributed by atoms with van der Waals surface area (Å²) in [6.07, 6.45) is 2.60. The van der Waals surface area contributed by atoms with Gasteiger partial charge >= 0.3 is 0 Å². The number of anilines is 2. The summed E-state index contributed by atoms with van der Waals surface area (Å²) < 4.78 is 0. The number of benzene rings is 1. The maximum Gasteiger partial charge on any atom is 0.257 e. The monoisotopic (exact) mass is 303 g/mol. The van der Waals surface area contributed by atoms with Crippen molar-refractivity contribution in [3.63, 3.8) is 0 Å². The fraction of sp³-hybridized carbons (Fsp3) is 0.250. The van der Waals surface area contributed by atoms with Crippen LogP contribution >= 0.6 is 11.6 Å². The molecule has 21 heavy (non-hydrogen) atoms. The Morgan fingerprint density at radius 3 is 2.76 bits per heavy atom. The van der Waals surface area contributed by atoms with E-state index in [1.807, 2.05) is 31.2 Å². The lowest BCUT2D eigenvalue weighted by molar-refractivity contribution is 0.102. The molecule has 0 bridgehead atoms. The van der Waals surface area contributed by atoms with Gasteiger partial charge in [-0.05, 0) is 37.1 Å². The van der Waals surface area contributed by atoms with E-state index in [2.05, 4.69) is 22.5 Å². The van der Waals surface area contributed by atoms with Gasteiger partial charge in [-0.25, -0.2) is 4.98 Å². The predicted octanol–water partition coefficient (Wildman–Crippen LogP) is 4.12. The SMILES string of the molecule is CCCNc1ccccc1C(=O)Nc1c(C)ccnc1Cl. The van der Waals surface area contributed by atoms with E-state index in [0.29, 0.717) is 16.4 Å². The lowest BCUT2D eigenvalue weighted by atomic mass is 10.1. The van der Waals surface area contributed by atoms with Gasteiger partial charge in [-0.3, -0.25) is 4.79 Å². The molecule has 0 aliphatic carbocycles. The molecule has 0 unspecified atom stereocenters. The number of hydrogen-bond donors (Lipinski definition) is 2. The number of para-hydroxylation sites is 1. The minimum Gasteiger partial charge on any atom is -0.384 e. The lowest BCUT2D eigenvalue weighted by Gasteiger charge is -2.13. The molecule has 0 aliphatic heterocycles. The first-order valence-corrected chi connectivity index (χ1v) is 7.26. The Morgan fingerprint density at radius 1 is 1.29 bits per heavy atom. The largest absolute Gasteiger partial charge is 0.384 e. The Labute approximate surface area is 129 Å². The van der Waals surface area contributed by atoms with E-state index in [0.717, 1.165) is 24.2 Å². The second-order valence-electron chi connectivity index (χ2n) is 4.72. The molecule has 110 valence electrons. The Bertz CT molecular complexity index is 623. The molecular formula is C16H18ClN3O. The van der Waals surface area contributed by atoms with Crippen molar-refractivity contribution in [3.05, 3.63) is 52.8 Å². The summed E-state index contributed by atoms with van der Waals surface area (Å²) in [5, 5.41) is 6.38. The Hall–Kier alpha value is -2.07. The maximum atomic E-state index is 12.5. The first-order chi connectivity index (χ1) is 10.1. The zero-order valence-electron chi connectivity index (χ0n) is 12.1. The molecule has 2 rings (SSSR count). The molecule has 1 aromatic heterocycles. The molecule has 0 saturated carbocycles. The number of hydrogen-bond acceptors (Lipinski definition) is 3. The number of aromatic nitrogens is 1. The molecule has 0 radical (unpaired) electrons. The number of halogens is 1. The minimum absolute atomic E-state index is 0.202. The van der Waals surface area contributed by atoms with Crippen LogP contribution < -0.4 is 10.6 Å². The third-order valence-corrected chi connectivity index (χ3v) is 3.38. The molecule has 0 fully saturated rings. The topological polar surface area (TPSA) is 54.0 Å². The molecule has 2 aromatic rings. The number of carbonyl (C=O) groups is 1. The van der Waals surface area contributed by atoms with Crippen molar-refractivity contribution in [1.82, 2.24) is 4.98 Å². The fourth-order valence-electron chi connectivity index (χ4n) is 1.95. The van der Waals surface area contributed by atoms with Crippen LogP contribution in [0.5, 0.6) is 0 Å². The number of pyridine rings is 1. The highest BCUT2D eigenvalue weighted by molar-refractivity contribution is 6.33. The molecule has 2 N–H and O–H groups in total. The summed E-state index contributed by atoms with van der Waals surface area (Å²) in [7, 11) is 0. The van der Waals surface area contributed by atoms with Crippen LogP contribution in [0.25, 0.3) is 0 Å². The van der Waals surface area contributed by atoms with Crippen LogP contribution in [0.2, 0.25) is 5.15 Å². The number of carbonyl (C=O) groups excluding carboxylic acids is 1. The number of rotatable bonds is 5. The highest BCUT2D eigenvalue weighted by Crippen LogP contribution is 2.24. The average molecular weight is 304 g/mol. The third-order valence-electron chi connectivity index (χ3n) is 3.09. The lowest BCUT2D eigenvalue weighted by Crippen LogP contribution is -2.16. The van der Waals surface area contributed by atoms with Crippen molar-refractivity contribution in [2.75, 3.05) is 17.2 Å². The zero-order chi connectivity index (χ0) is 15.2. The summed E-state index contributed by atoms with van der Waals surface area (Å²) in [4.78, 5) is 16.5. The van der Waals surface area contributed by atoms with Crippen LogP contribution in [0.15, 0.2) is 36.5 Å². The molecule has 4 nitrogen and oxygen atoms in total. The van der Waals surface area contributed by atoms with Crippen LogP contribution in [0.1, 0.15) is 29.3 Å². The fourth-order valence-corrected chi connectivity index (χ4v) is 2.20. The molecule has 1 amide bonds. The molecule has 0 saturated heterocycles. The number of nitrogens with one attached hydrogen (secondary N) is 2. The average Bonchev–Trinajstić information content (AvgIpc) is 2.49. The van der Waals surface area contributed by atoms with Crippen molar-refractivity contribution in [3.8, 4) is 0 Å². The van der Waals surface area contributed by atoms with Crippen molar-refractivity contribution in [2.24, 2.45) is 0 Å². The molecule has 0 aliphatic rings. The van der Waals surface area contributed by atoms with Gasteiger partial charge in [0.1, 0.15) is 0 Å². The highest BCUT2D eigenvalue weighted by Gasteiger charge is 2.14. The second kappa shape index (κ2) is 7.09. The smallest absolute Gasteiger partial charge is 0.257 e. The Morgan fingerprint density at radius 2 is 2.05 bits per heavy atom. The Balaban J connectivity index is 2.25. The Kier molecular flexibility index (Phi) is 5.17. The van der Waals surface area contributed by atoms with Gasteiger partial charge in [-0.1, -0.05) is 30.7 Å². The van der Waals surface area contributed by atoms with Crippen LogP contribution in [0.4, 0.5) is 11.4 Å². The van der Waals surface area contributed by atoms with Gasteiger partial charge in [0.25, 0.3) is 5.91 Å². The molecule has 1 heterocycles. The van der Waals surface area contributed by atoms with Gasteiger partial charge in [-0.2, -0.15) is 0 Å². The molecule has 0 spiro atoms. The van der Waals surface area contributed by atoms with E-state index in [4.69, 9.17) is 11.6 Å². The second-order valence-corrected chi connectivity index (χ2v) is 5.08. The van der Waals surface area contributed by atoms with Gasteiger partial charge in [0.15, 0.2) is 5.15 Å². The van der Waals surface area contributed by atoms with Gasteiger partial charge in [0.2, 0.25) is 0 Å². The first kappa shape index (κ1) is 15.3. The van der Waals surface area contributed by atoms with Crippen LogP contribution in [-0.4, -0.2) is 17.4 Å². The van der Waals surface area contributed by atoms with Gasteiger partial charge in [0, 0.05) is 18.4 Å². The molecule has 1 aromatic carbocycles. The maximum absolute atomic E-state index is 12.5. The van der Waals surface area contributed by atoms with Crippen LogP contribution in [0.3, 0.4) is 0 Å². The van der Waals surface area contributed by atoms with E-state index in [1.165, 1.54) is 0 Å². The number of amides is 1. The predicted molar refractivity (Wildman–Crippen MR) is 87.2 cm³/mol. The quantitative estimate of drug-likeness (QED) is 0.817. The summed E-state index contributed by atoms with van der Waals surface area (Å²) in [5.41, 5.74) is 2.83. The molecule has 0 atom stereocenters.